The van der Waals surface area contributed by atoms with Crippen molar-refractivity contribution >= 4 is 10.8 Å². The maximum atomic E-state index is 11.1. The predicted molar refractivity (Wildman–Crippen MR) is 70.5 cm³/mol. The van der Waals surface area contributed by atoms with E-state index in [1.54, 1.807) is 12.1 Å². The van der Waals surface area contributed by atoms with Crippen molar-refractivity contribution in [3.05, 3.63) is 59.1 Å². The second-order valence-electron chi connectivity index (χ2n) is 4.02. The van der Waals surface area contributed by atoms with Gasteiger partial charge in [-0.05, 0) is 22.9 Å². The molecule has 0 bridgehead atoms. The topological polar surface area (TPSA) is 75.2 Å². The van der Waals surface area contributed by atoms with Gasteiger partial charge in [-0.2, -0.15) is 0 Å². The standard InChI is InChI=1S/C14H10N2O3/c17-11-5-9-3-1-2-4-10(9)6-12(11)19-14-7-13(18)15-8-16-14/h1-8,17H,(H,15,16,18). The van der Waals surface area contributed by atoms with Crippen LogP contribution in [0.3, 0.4) is 0 Å². The molecule has 0 spiro atoms. The largest absolute Gasteiger partial charge is 0.504 e. The molecule has 5 heteroatoms. The zero-order valence-corrected chi connectivity index (χ0v) is 9.83. The molecule has 3 rings (SSSR count). The lowest BCUT2D eigenvalue weighted by atomic mass is 10.1. The number of fused-ring (bicyclic) bond motifs is 1. The minimum Gasteiger partial charge on any atom is -0.504 e. The van der Waals surface area contributed by atoms with Crippen LogP contribution in [-0.2, 0) is 0 Å². The van der Waals surface area contributed by atoms with Crippen molar-refractivity contribution in [1.82, 2.24) is 9.97 Å². The molecule has 0 atom stereocenters. The molecule has 0 saturated carbocycles. The summed E-state index contributed by atoms with van der Waals surface area (Å²) in [4.78, 5) is 17.4. The van der Waals surface area contributed by atoms with Crippen molar-refractivity contribution in [2.45, 2.75) is 0 Å². The Balaban J connectivity index is 2.05. The fourth-order valence-corrected chi connectivity index (χ4v) is 1.81. The van der Waals surface area contributed by atoms with Crippen molar-refractivity contribution < 1.29 is 9.84 Å². The Morgan fingerprint density at radius 3 is 2.58 bits per heavy atom. The normalized spacial score (nSPS) is 10.5. The molecule has 0 aliphatic heterocycles. The number of hydrogen-bond donors (Lipinski definition) is 2. The summed E-state index contributed by atoms with van der Waals surface area (Å²) in [6.45, 7) is 0. The summed E-state index contributed by atoms with van der Waals surface area (Å²) in [5.41, 5.74) is -0.315. The number of rotatable bonds is 2. The van der Waals surface area contributed by atoms with E-state index in [1.807, 2.05) is 24.3 Å². The zero-order valence-electron chi connectivity index (χ0n) is 9.83. The highest BCUT2D eigenvalue weighted by Crippen LogP contribution is 2.33. The Morgan fingerprint density at radius 1 is 1.11 bits per heavy atom. The molecule has 0 aliphatic rings. The molecule has 3 aromatic rings. The van der Waals surface area contributed by atoms with Crippen LogP contribution < -0.4 is 10.3 Å². The van der Waals surface area contributed by atoms with Gasteiger partial charge in [0.25, 0.3) is 5.56 Å². The summed E-state index contributed by atoms with van der Waals surface area (Å²) < 4.78 is 5.42. The van der Waals surface area contributed by atoms with Crippen molar-refractivity contribution in [3.63, 3.8) is 0 Å². The summed E-state index contributed by atoms with van der Waals surface area (Å²) in [5, 5.41) is 11.7. The molecule has 2 aromatic carbocycles. The summed E-state index contributed by atoms with van der Waals surface area (Å²) in [7, 11) is 0. The molecule has 0 radical (unpaired) electrons. The van der Waals surface area contributed by atoms with Crippen LogP contribution in [0.1, 0.15) is 0 Å². The van der Waals surface area contributed by atoms with E-state index in [0.29, 0.717) is 0 Å². The smallest absolute Gasteiger partial charge is 0.254 e. The van der Waals surface area contributed by atoms with E-state index in [4.69, 9.17) is 4.74 Å². The van der Waals surface area contributed by atoms with E-state index in [2.05, 4.69) is 9.97 Å². The van der Waals surface area contributed by atoms with Gasteiger partial charge in [-0.25, -0.2) is 4.98 Å². The van der Waals surface area contributed by atoms with Crippen LogP contribution in [0.4, 0.5) is 0 Å². The summed E-state index contributed by atoms with van der Waals surface area (Å²) in [5.74, 6) is 0.395. The Bertz CT molecular complexity index is 796. The average Bonchev–Trinajstić information content (AvgIpc) is 2.40. The first-order valence-corrected chi connectivity index (χ1v) is 5.67. The van der Waals surface area contributed by atoms with Gasteiger partial charge in [0.05, 0.1) is 12.4 Å². The minimum atomic E-state index is -0.315. The van der Waals surface area contributed by atoms with Gasteiger partial charge in [0, 0.05) is 0 Å². The van der Waals surface area contributed by atoms with Gasteiger partial charge < -0.3 is 14.8 Å². The molecule has 19 heavy (non-hydrogen) atoms. The number of nitrogens with one attached hydrogen (secondary N) is 1. The van der Waals surface area contributed by atoms with Crippen molar-refractivity contribution in [1.29, 1.82) is 0 Å². The van der Waals surface area contributed by atoms with Crippen LogP contribution in [0, 0.1) is 0 Å². The Kier molecular flexibility index (Phi) is 2.64. The molecule has 0 amide bonds. The first-order valence-electron chi connectivity index (χ1n) is 5.67. The highest BCUT2D eigenvalue weighted by atomic mass is 16.5. The molecule has 1 aromatic heterocycles. The number of aromatic hydroxyl groups is 1. The lowest BCUT2D eigenvalue weighted by molar-refractivity contribution is 0.403. The number of benzene rings is 2. The molecule has 1 heterocycles. The highest BCUT2D eigenvalue weighted by Gasteiger charge is 2.07. The van der Waals surface area contributed by atoms with Gasteiger partial charge in [-0.15, -0.1) is 0 Å². The molecule has 0 saturated heterocycles. The van der Waals surface area contributed by atoms with Crippen LogP contribution in [0.15, 0.2) is 53.6 Å². The molecule has 2 N–H and O–H groups in total. The molecule has 0 aliphatic carbocycles. The third-order valence-electron chi connectivity index (χ3n) is 2.69. The van der Waals surface area contributed by atoms with E-state index in [9.17, 15) is 9.90 Å². The number of nitrogens with zero attached hydrogens (tertiary/aromatic N) is 1. The maximum Gasteiger partial charge on any atom is 0.254 e. The fourth-order valence-electron chi connectivity index (χ4n) is 1.81. The lowest BCUT2D eigenvalue weighted by Crippen LogP contribution is -2.04. The van der Waals surface area contributed by atoms with Crippen LogP contribution in [-0.4, -0.2) is 15.1 Å². The van der Waals surface area contributed by atoms with Gasteiger partial charge in [0.15, 0.2) is 11.5 Å². The number of aromatic amines is 1. The number of hydrogen-bond acceptors (Lipinski definition) is 4. The second-order valence-corrected chi connectivity index (χ2v) is 4.02. The highest BCUT2D eigenvalue weighted by molar-refractivity contribution is 5.85. The van der Waals surface area contributed by atoms with Gasteiger partial charge >= 0.3 is 0 Å². The zero-order chi connectivity index (χ0) is 13.2. The third-order valence-corrected chi connectivity index (χ3v) is 2.69. The number of H-pyrrole nitrogens is 1. The number of phenolic OH excluding ortho intramolecular Hbond substituents is 1. The molecular formula is C14H10N2O3. The monoisotopic (exact) mass is 254 g/mol. The Labute approximate surface area is 108 Å². The third kappa shape index (κ3) is 2.26. The molecule has 0 fully saturated rings. The van der Waals surface area contributed by atoms with E-state index >= 15 is 0 Å². The van der Waals surface area contributed by atoms with E-state index < -0.39 is 0 Å². The van der Waals surface area contributed by atoms with Crippen molar-refractivity contribution in [2.75, 3.05) is 0 Å². The van der Waals surface area contributed by atoms with Crippen LogP contribution in [0.5, 0.6) is 17.4 Å². The SMILES string of the molecule is O=c1cc(Oc2cc3ccccc3cc2O)nc[nH]1. The van der Waals surface area contributed by atoms with E-state index in [1.165, 1.54) is 12.4 Å². The Morgan fingerprint density at radius 2 is 1.84 bits per heavy atom. The average molecular weight is 254 g/mol. The summed E-state index contributed by atoms with van der Waals surface area (Å²) in [6, 6.07) is 12.1. The number of ether oxygens (including phenoxy) is 1. The van der Waals surface area contributed by atoms with Gasteiger partial charge in [-0.3, -0.25) is 4.79 Å². The molecule has 94 valence electrons. The van der Waals surface area contributed by atoms with Crippen LogP contribution in [0.2, 0.25) is 0 Å². The first-order chi connectivity index (χ1) is 9.22. The Hall–Kier alpha value is -2.82. The van der Waals surface area contributed by atoms with Crippen LogP contribution >= 0.6 is 0 Å². The van der Waals surface area contributed by atoms with Crippen LogP contribution in [0.25, 0.3) is 10.8 Å². The second kappa shape index (κ2) is 4.45. The lowest BCUT2D eigenvalue weighted by Gasteiger charge is -2.07. The summed E-state index contributed by atoms with van der Waals surface area (Å²) in [6.07, 6.45) is 1.25. The van der Waals surface area contributed by atoms with Gasteiger partial charge in [0.1, 0.15) is 0 Å². The summed E-state index contributed by atoms with van der Waals surface area (Å²) >= 11 is 0. The predicted octanol–water partition coefficient (Wildman–Crippen LogP) is 2.42. The quantitative estimate of drug-likeness (QED) is 0.736. The molecular weight excluding hydrogens is 244 g/mol. The minimum absolute atomic E-state index is 0.000724. The van der Waals surface area contributed by atoms with E-state index in [-0.39, 0.29) is 22.9 Å². The van der Waals surface area contributed by atoms with Gasteiger partial charge in [0.2, 0.25) is 5.88 Å². The maximum absolute atomic E-state index is 11.1. The van der Waals surface area contributed by atoms with Crippen molar-refractivity contribution in [2.24, 2.45) is 0 Å². The van der Waals surface area contributed by atoms with E-state index in [0.717, 1.165) is 10.8 Å². The first kappa shape index (κ1) is 11.3. The van der Waals surface area contributed by atoms with Crippen molar-refractivity contribution in [3.8, 4) is 17.4 Å². The fraction of sp³-hybridized carbons (Fsp3) is 0. The molecule has 0 unspecified atom stereocenters. The van der Waals surface area contributed by atoms with Gasteiger partial charge in [-0.1, -0.05) is 24.3 Å². The number of aromatic nitrogens is 2. The molecule has 5 nitrogen and oxygen atoms in total. The number of phenols is 1.